The number of carbonyl (C=O) groups is 2. The average molecular weight is 792 g/mol. The molecule has 0 N–H and O–H groups in total. The van der Waals surface area contributed by atoms with Crippen LogP contribution >= 0.6 is 11.6 Å². The molecule has 2 aromatic heterocycles. The highest BCUT2D eigenvalue weighted by Gasteiger charge is 2.49. The molecule has 0 spiro atoms. The maximum absolute atomic E-state index is 16.9. The van der Waals surface area contributed by atoms with Crippen LogP contribution in [0.25, 0.3) is 32.9 Å². The minimum absolute atomic E-state index is 0.0447. The number of hydrogen-bond donors (Lipinski definition) is 0. The number of alkyl halides is 1. The van der Waals surface area contributed by atoms with E-state index in [0.717, 1.165) is 19.4 Å². The van der Waals surface area contributed by atoms with Crippen molar-refractivity contribution in [2.75, 3.05) is 57.8 Å². The van der Waals surface area contributed by atoms with Crippen LogP contribution in [-0.2, 0) is 9.53 Å². The van der Waals surface area contributed by atoms with Crippen LogP contribution in [0.5, 0.6) is 6.01 Å². The Balaban J connectivity index is 1.06. The third kappa shape index (κ3) is 7.21. The SMILES string of the molecule is CN(c1nc(OC[C@@]23CCCN2C[C@H](F)C3)nc2c(F)c(-c3cccc4ccc(F)c(Cl)c34)ncc12)[C@@H]1CCN(C(=O)/C=C/C2CN(C(=O)OC(C)(C)C)C2)C1. The minimum atomic E-state index is -0.954. The van der Waals surface area contributed by atoms with Crippen LogP contribution < -0.4 is 9.64 Å². The number of fused-ring (bicyclic) bond motifs is 3. The van der Waals surface area contributed by atoms with E-state index >= 15 is 4.39 Å². The van der Waals surface area contributed by atoms with Crippen molar-refractivity contribution in [1.82, 2.24) is 29.7 Å². The summed E-state index contributed by atoms with van der Waals surface area (Å²) in [6, 6.07) is 7.73. The zero-order valence-electron chi connectivity index (χ0n) is 31.9. The molecule has 56 heavy (non-hydrogen) atoms. The van der Waals surface area contributed by atoms with Crippen LogP contribution in [0.4, 0.5) is 23.8 Å². The summed E-state index contributed by atoms with van der Waals surface area (Å²) in [5, 5.41) is 1.14. The van der Waals surface area contributed by atoms with Crippen molar-refractivity contribution >= 4 is 51.1 Å². The predicted molar refractivity (Wildman–Crippen MR) is 208 cm³/mol. The van der Waals surface area contributed by atoms with Crippen molar-refractivity contribution in [3.05, 3.63) is 65.3 Å². The molecule has 0 aliphatic carbocycles. The molecular weight excluding hydrogens is 747 g/mol. The molecule has 0 radical (unpaired) electrons. The molecular formula is C41H45ClF3N7O4. The number of carbonyl (C=O) groups excluding carboxylic acids is 2. The molecule has 296 valence electrons. The van der Waals surface area contributed by atoms with Gasteiger partial charge in [0.15, 0.2) is 5.82 Å². The largest absolute Gasteiger partial charge is 0.461 e. The van der Waals surface area contributed by atoms with E-state index in [1.807, 2.05) is 38.8 Å². The van der Waals surface area contributed by atoms with Gasteiger partial charge in [-0.25, -0.2) is 18.0 Å². The summed E-state index contributed by atoms with van der Waals surface area (Å²) in [7, 11) is 1.83. The molecule has 0 bridgehead atoms. The monoisotopic (exact) mass is 791 g/mol. The fraction of sp³-hybridized carbons (Fsp3) is 0.488. The number of halogens is 4. The third-order valence-corrected chi connectivity index (χ3v) is 11.9. The highest BCUT2D eigenvalue weighted by molar-refractivity contribution is 6.36. The Morgan fingerprint density at radius 3 is 2.66 bits per heavy atom. The second-order valence-corrected chi connectivity index (χ2v) is 16.9. The summed E-state index contributed by atoms with van der Waals surface area (Å²) in [4.78, 5) is 46.9. The van der Waals surface area contributed by atoms with E-state index in [9.17, 15) is 18.4 Å². The molecule has 4 aromatic rings. The molecule has 2 aromatic carbocycles. The lowest BCUT2D eigenvalue weighted by Crippen LogP contribution is -2.51. The van der Waals surface area contributed by atoms with E-state index in [1.54, 1.807) is 40.1 Å². The maximum atomic E-state index is 16.9. The molecule has 2 amide bonds. The van der Waals surface area contributed by atoms with Crippen molar-refractivity contribution in [3.8, 4) is 17.3 Å². The second-order valence-electron chi connectivity index (χ2n) is 16.5. The van der Waals surface area contributed by atoms with Crippen LogP contribution in [0.3, 0.4) is 0 Å². The average Bonchev–Trinajstić information content (AvgIpc) is 3.85. The first-order chi connectivity index (χ1) is 26.7. The van der Waals surface area contributed by atoms with E-state index < -0.39 is 28.9 Å². The van der Waals surface area contributed by atoms with Gasteiger partial charge in [0.05, 0.1) is 15.9 Å². The molecule has 11 nitrogen and oxygen atoms in total. The summed E-state index contributed by atoms with van der Waals surface area (Å²) in [6.45, 7) is 8.61. The smallest absolute Gasteiger partial charge is 0.410 e. The summed E-state index contributed by atoms with van der Waals surface area (Å²) < 4.78 is 57.9. The number of rotatable bonds is 8. The Morgan fingerprint density at radius 2 is 1.88 bits per heavy atom. The lowest BCUT2D eigenvalue weighted by atomic mass is 9.95. The fourth-order valence-electron chi connectivity index (χ4n) is 8.56. The third-order valence-electron chi connectivity index (χ3n) is 11.5. The van der Waals surface area contributed by atoms with E-state index in [2.05, 4.69) is 14.9 Å². The Morgan fingerprint density at radius 1 is 1.07 bits per heavy atom. The number of likely N-dealkylation sites (N-methyl/N-ethyl adjacent to an activating group) is 1. The number of pyridine rings is 1. The Kier molecular flexibility index (Phi) is 10.0. The van der Waals surface area contributed by atoms with Gasteiger partial charge in [0.2, 0.25) is 5.91 Å². The Bertz CT molecular complexity index is 2230. The molecule has 0 unspecified atom stereocenters. The van der Waals surface area contributed by atoms with Crippen LogP contribution in [0.15, 0.2) is 48.7 Å². The fourth-order valence-corrected chi connectivity index (χ4v) is 8.84. The Hall–Kier alpha value is -4.69. The molecule has 8 rings (SSSR count). The highest BCUT2D eigenvalue weighted by atomic mass is 35.5. The summed E-state index contributed by atoms with van der Waals surface area (Å²) in [5.74, 6) is -1.10. The zero-order valence-corrected chi connectivity index (χ0v) is 32.7. The number of ether oxygens (including phenoxy) is 2. The van der Waals surface area contributed by atoms with Crippen molar-refractivity contribution in [1.29, 1.82) is 0 Å². The Labute approximate surface area is 328 Å². The summed E-state index contributed by atoms with van der Waals surface area (Å²) >= 11 is 6.43. The topological polar surface area (TPSA) is 104 Å². The lowest BCUT2D eigenvalue weighted by molar-refractivity contribution is -0.125. The number of benzene rings is 2. The normalized spacial score (nSPS) is 23.0. The first-order valence-electron chi connectivity index (χ1n) is 19.1. The van der Waals surface area contributed by atoms with Crippen molar-refractivity contribution in [2.45, 2.75) is 69.8 Å². The van der Waals surface area contributed by atoms with Crippen LogP contribution in [0, 0.1) is 17.6 Å². The molecule has 3 atom stereocenters. The van der Waals surface area contributed by atoms with Gasteiger partial charge in [-0.2, -0.15) is 9.97 Å². The minimum Gasteiger partial charge on any atom is -0.461 e. The van der Waals surface area contributed by atoms with Crippen LogP contribution in [-0.4, -0.2) is 118 Å². The van der Waals surface area contributed by atoms with E-state index in [0.29, 0.717) is 73.1 Å². The van der Waals surface area contributed by atoms with Gasteiger partial charge in [0, 0.05) is 75.3 Å². The molecule has 4 saturated heterocycles. The maximum Gasteiger partial charge on any atom is 0.410 e. The van der Waals surface area contributed by atoms with E-state index in [4.69, 9.17) is 26.1 Å². The quantitative estimate of drug-likeness (QED) is 0.172. The van der Waals surface area contributed by atoms with Crippen molar-refractivity contribution in [2.24, 2.45) is 5.92 Å². The molecule has 4 aliphatic rings. The number of aromatic nitrogens is 3. The van der Waals surface area contributed by atoms with Gasteiger partial charge in [-0.1, -0.05) is 41.9 Å². The van der Waals surface area contributed by atoms with Crippen LogP contribution in [0.1, 0.15) is 46.5 Å². The van der Waals surface area contributed by atoms with Gasteiger partial charge in [-0.3, -0.25) is 14.7 Å². The molecule has 6 heterocycles. The second kappa shape index (κ2) is 14.7. The number of amides is 2. The van der Waals surface area contributed by atoms with Gasteiger partial charge in [0.25, 0.3) is 0 Å². The molecule has 15 heteroatoms. The molecule has 0 saturated carbocycles. The number of nitrogens with zero attached hydrogens (tertiary/aromatic N) is 7. The van der Waals surface area contributed by atoms with Gasteiger partial charge in [-0.05, 0) is 64.1 Å². The number of likely N-dealkylation sites (tertiary alicyclic amines) is 2. The van der Waals surface area contributed by atoms with Gasteiger partial charge in [0.1, 0.15) is 41.2 Å². The van der Waals surface area contributed by atoms with Crippen molar-refractivity contribution in [3.63, 3.8) is 0 Å². The van der Waals surface area contributed by atoms with Crippen LogP contribution in [0.2, 0.25) is 5.02 Å². The van der Waals surface area contributed by atoms with Crippen molar-refractivity contribution < 1.29 is 32.2 Å². The molecule has 4 fully saturated rings. The number of hydrogen-bond acceptors (Lipinski definition) is 9. The summed E-state index contributed by atoms with van der Waals surface area (Å²) in [5.41, 5.74) is -0.856. The van der Waals surface area contributed by atoms with Gasteiger partial charge < -0.3 is 24.2 Å². The van der Waals surface area contributed by atoms with Gasteiger partial charge >= 0.3 is 12.1 Å². The lowest BCUT2D eigenvalue weighted by Gasteiger charge is -2.38. The summed E-state index contributed by atoms with van der Waals surface area (Å²) in [6.07, 6.45) is 6.25. The first-order valence-corrected chi connectivity index (χ1v) is 19.5. The zero-order chi connectivity index (χ0) is 39.5. The molecule has 4 aliphatic heterocycles. The predicted octanol–water partition coefficient (Wildman–Crippen LogP) is 7.19. The standard InChI is InChI=1S/C41H45ClF3N7O4/c1-40(2,3)56-39(54)51-19-24(20-51)9-12-31(53)50-16-13-27(22-50)49(4)37-29-18-46-35(28-8-5-7-25-10-11-30(44)33(42)32(25)28)34(45)36(29)47-38(48-37)55-23-41-14-6-15-52(41)21-26(43)17-41/h5,7-12,18,24,26-27H,6,13-17,19-23H2,1-4H3/b12-9+/t26-,27-,41+/m1/s1. The first kappa shape index (κ1) is 38.2. The highest BCUT2D eigenvalue weighted by Crippen LogP contribution is 2.42. The number of anilines is 1. The van der Waals surface area contributed by atoms with Gasteiger partial charge in [-0.15, -0.1) is 0 Å². The van der Waals surface area contributed by atoms with E-state index in [1.165, 1.54) is 12.3 Å². The van der Waals surface area contributed by atoms with E-state index in [-0.39, 0.29) is 52.8 Å².